The maximum absolute atomic E-state index is 11.6. The predicted octanol–water partition coefficient (Wildman–Crippen LogP) is 3.72. The zero-order valence-electron chi connectivity index (χ0n) is 14.1. The van der Waals surface area contributed by atoms with Gasteiger partial charge in [0.2, 0.25) is 0 Å². The van der Waals surface area contributed by atoms with Crippen LogP contribution in [0.4, 0.5) is 5.69 Å². The van der Waals surface area contributed by atoms with E-state index < -0.39 is 4.92 Å². The molecule has 0 saturated carbocycles. The molecule has 26 heavy (non-hydrogen) atoms. The molecule has 0 amide bonds. The van der Waals surface area contributed by atoms with Gasteiger partial charge in [-0.1, -0.05) is 13.0 Å². The first-order valence-corrected chi connectivity index (χ1v) is 8.13. The van der Waals surface area contributed by atoms with E-state index in [9.17, 15) is 14.9 Å². The van der Waals surface area contributed by atoms with E-state index in [1.54, 1.807) is 24.3 Å². The smallest absolute Gasteiger partial charge is 0.336 e. The number of fused-ring (bicyclic) bond motifs is 1. The molecule has 0 radical (unpaired) electrons. The van der Waals surface area contributed by atoms with Crippen molar-refractivity contribution in [3.8, 4) is 11.5 Å². The van der Waals surface area contributed by atoms with Crippen molar-refractivity contribution >= 4 is 16.7 Å². The maximum atomic E-state index is 11.6. The maximum Gasteiger partial charge on any atom is 0.336 e. The van der Waals surface area contributed by atoms with Gasteiger partial charge in [-0.05, 0) is 30.2 Å². The van der Waals surface area contributed by atoms with E-state index in [1.165, 1.54) is 18.2 Å². The minimum Gasteiger partial charge on any atom is -0.490 e. The number of benzene rings is 2. The third kappa shape index (κ3) is 4.00. The molecule has 0 fully saturated rings. The number of hydrogen-bond donors (Lipinski definition) is 0. The van der Waals surface area contributed by atoms with Crippen LogP contribution in [0.1, 0.15) is 12.5 Å². The molecule has 3 rings (SSSR count). The van der Waals surface area contributed by atoms with E-state index in [-0.39, 0.29) is 24.5 Å². The molecule has 3 aromatic rings. The fraction of sp³-hybridized carbons (Fsp3) is 0.211. The van der Waals surface area contributed by atoms with Gasteiger partial charge in [0.05, 0.1) is 11.0 Å². The Morgan fingerprint density at radius 3 is 2.46 bits per heavy atom. The molecule has 0 aliphatic heterocycles. The number of nitro groups is 1. The highest BCUT2D eigenvalue weighted by atomic mass is 16.6. The van der Waals surface area contributed by atoms with Crippen molar-refractivity contribution < 1.29 is 18.8 Å². The lowest BCUT2D eigenvalue weighted by molar-refractivity contribution is -0.384. The predicted molar refractivity (Wildman–Crippen MR) is 95.9 cm³/mol. The number of non-ortho nitro benzene ring substituents is 1. The van der Waals surface area contributed by atoms with Crippen LogP contribution in [0.2, 0.25) is 0 Å². The minimum absolute atomic E-state index is 0.0281. The van der Waals surface area contributed by atoms with Gasteiger partial charge in [0, 0.05) is 23.6 Å². The van der Waals surface area contributed by atoms with Crippen LogP contribution >= 0.6 is 0 Å². The normalized spacial score (nSPS) is 10.7. The van der Waals surface area contributed by atoms with E-state index >= 15 is 0 Å². The van der Waals surface area contributed by atoms with E-state index in [4.69, 9.17) is 13.9 Å². The van der Waals surface area contributed by atoms with Crippen molar-refractivity contribution in [1.82, 2.24) is 0 Å². The van der Waals surface area contributed by atoms with Gasteiger partial charge in [0.25, 0.3) is 5.69 Å². The first-order chi connectivity index (χ1) is 12.6. The summed E-state index contributed by atoms with van der Waals surface area (Å²) in [4.78, 5) is 21.9. The zero-order valence-corrected chi connectivity index (χ0v) is 14.1. The van der Waals surface area contributed by atoms with Crippen LogP contribution in [0.15, 0.2) is 57.7 Å². The number of rotatable bonds is 7. The Kier molecular flexibility index (Phi) is 5.17. The van der Waals surface area contributed by atoms with E-state index in [2.05, 4.69) is 0 Å². The third-order valence-corrected chi connectivity index (χ3v) is 3.83. The molecule has 0 spiro atoms. The molecule has 0 unspecified atom stereocenters. The van der Waals surface area contributed by atoms with Gasteiger partial charge in [0.1, 0.15) is 30.3 Å². The molecule has 0 atom stereocenters. The Balaban J connectivity index is 1.62. The van der Waals surface area contributed by atoms with Crippen LogP contribution in [0.25, 0.3) is 11.0 Å². The van der Waals surface area contributed by atoms with Gasteiger partial charge in [-0.25, -0.2) is 4.79 Å². The standard InChI is InChI=1S/C19H17NO6/c1-2-13-10-19(21)26-18-12-16(6-7-17(13)18)25-9-8-24-15-5-3-4-14(11-15)20(22)23/h3-7,10-12H,2,8-9H2,1H3. The molecule has 0 N–H and O–H groups in total. The summed E-state index contributed by atoms with van der Waals surface area (Å²) >= 11 is 0. The highest BCUT2D eigenvalue weighted by Crippen LogP contribution is 2.23. The third-order valence-electron chi connectivity index (χ3n) is 3.83. The summed E-state index contributed by atoms with van der Waals surface area (Å²) in [6.07, 6.45) is 0.735. The lowest BCUT2D eigenvalue weighted by Gasteiger charge is -2.09. The van der Waals surface area contributed by atoms with Crippen molar-refractivity contribution in [2.24, 2.45) is 0 Å². The largest absolute Gasteiger partial charge is 0.490 e. The second-order valence-corrected chi connectivity index (χ2v) is 5.55. The molecule has 1 heterocycles. The van der Waals surface area contributed by atoms with Crippen molar-refractivity contribution in [1.29, 1.82) is 0 Å². The second kappa shape index (κ2) is 7.69. The Labute approximate surface area is 148 Å². The molecule has 0 aliphatic carbocycles. The zero-order chi connectivity index (χ0) is 18.5. The van der Waals surface area contributed by atoms with E-state index in [1.807, 2.05) is 13.0 Å². The number of nitro benzene ring substituents is 1. The molecular formula is C19H17NO6. The van der Waals surface area contributed by atoms with Crippen LogP contribution < -0.4 is 15.1 Å². The summed E-state index contributed by atoms with van der Waals surface area (Å²) in [7, 11) is 0. The molecule has 0 saturated heterocycles. The monoisotopic (exact) mass is 355 g/mol. The first kappa shape index (κ1) is 17.5. The van der Waals surface area contributed by atoms with Crippen LogP contribution in [0.5, 0.6) is 11.5 Å². The molecule has 0 aliphatic rings. The number of nitrogens with zero attached hydrogens (tertiary/aromatic N) is 1. The molecule has 134 valence electrons. The average Bonchev–Trinajstić information content (AvgIpc) is 2.64. The fourth-order valence-electron chi connectivity index (χ4n) is 2.60. The number of ether oxygens (including phenoxy) is 2. The van der Waals surface area contributed by atoms with Gasteiger partial charge < -0.3 is 13.9 Å². The Morgan fingerprint density at radius 1 is 1.04 bits per heavy atom. The van der Waals surface area contributed by atoms with Crippen molar-refractivity contribution in [2.75, 3.05) is 13.2 Å². The first-order valence-electron chi connectivity index (χ1n) is 8.13. The highest BCUT2D eigenvalue weighted by Gasteiger charge is 2.07. The number of hydrogen-bond acceptors (Lipinski definition) is 6. The van der Waals surface area contributed by atoms with E-state index in [0.29, 0.717) is 17.1 Å². The fourth-order valence-corrected chi connectivity index (χ4v) is 2.60. The average molecular weight is 355 g/mol. The topological polar surface area (TPSA) is 91.8 Å². The van der Waals surface area contributed by atoms with Gasteiger partial charge in [-0.3, -0.25) is 10.1 Å². The summed E-state index contributed by atoms with van der Waals surface area (Å²) in [5.41, 5.74) is 0.989. The molecule has 0 bridgehead atoms. The summed E-state index contributed by atoms with van der Waals surface area (Å²) in [6, 6.07) is 12.8. The summed E-state index contributed by atoms with van der Waals surface area (Å²) in [5.74, 6) is 0.955. The van der Waals surface area contributed by atoms with E-state index in [0.717, 1.165) is 17.4 Å². The summed E-state index contributed by atoms with van der Waals surface area (Å²) in [5, 5.41) is 11.6. The van der Waals surface area contributed by atoms with Crippen LogP contribution in [-0.2, 0) is 6.42 Å². The van der Waals surface area contributed by atoms with Gasteiger partial charge in [0.15, 0.2) is 0 Å². The summed E-state index contributed by atoms with van der Waals surface area (Å²) in [6.45, 7) is 2.44. The van der Waals surface area contributed by atoms with Crippen molar-refractivity contribution in [2.45, 2.75) is 13.3 Å². The lowest BCUT2D eigenvalue weighted by Crippen LogP contribution is -2.09. The van der Waals surface area contributed by atoms with Crippen molar-refractivity contribution in [3.05, 3.63) is 74.6 Å². The molecule has 2 aromatic carbocycles. The lowest BCUT2D eigenvalue weighted by atomic mass is 10.1. The van der Waals surface area contributed by atoms with Crippen LogP contribution in [-0.4, -0.2) is 18.1 Å². The molecular weight excluding hydrogens is 338 g/mol. The number of aryl methyl sites for hydroxylation is 1. The SMILES string of the molecule is CCc1cc(=O)oc2cc(OCCOc3cccc([N+](=O)[O-])c3)ccc12. The second-order valence-electron chi connectivity index (χ2n) is 5.55. The van der Waals surface area contributed by atoms with Gasteiger partial charge in [-0.2, -0.15) is 0 Å². The van der Waals surface area contributed by atoms with Crippen molar-refractivity contribution in [3.63, 3.8) is 0 Å². The summed E-state index contributed by atoms with van der Waals surface area (Å²) < 4.78 is 16.3. The van der Waals surface area contributed by atoms with Gasteiger partial charge >= 0.3 is 5.63 Å². The molecule has 7 nitrogen and oxygen atoms in total. The Bertz CT molecular complexity index is 995. The Morgan fingerprint density at radius 2 is 1.77 bits per heavy atom. The van der Waals surface area contributed by atoms with Crippen LogP contribution in [0, 0.1) is 10.1 Å². The highest BCUT2D eigenvalue weighted by molar-refractivity contribution is 5.81. The molecule has 1 aromatic heterocycles. The van der Waals surface area contributed by atoms with Gasteiger partial charge in [-0.15, -0.1) is 0 Å². The molecule has 7 heteroatoms. The quantitative estimate of drug-likeness (QED) is 0.278. The Hall–Kier alpha value is -3.35. The van der Waals surface area contributed by atoms with Crippen LogP contribution in [0.3, 0.4) is 0 Å². The minimum atomic E-state index is -0.475.